The highest BCUT2D eigenvalue weighted by molar-refractivity contribution is 4.85. The Kier molecular flexibility index (Phi) is 8.67. The van der Waals surface area contributed by atoms with Gasteiger partial charge in [0.15, 0.2) is 0 Å². The first-order chi connectivity index (χ1) is 9.15. The molecule has 1 aliphatic carbocycles. The van der Waals surface area contributed by atoms with E-state index >= 15 is 0 Å². The zero-order chi connectivity index (χ0) is 14.1. The van der Waals surface area contributed by atoms with Crippen LogP contribution in [-0.4, -0.2) is 50.3 Å². The maximum absolute atomic E-state index is 5.24. The minimum absolute atomic E-state index is 0.619. The van der Waals surface area contributed by atoms with Gasteiger partial charge in [-0.3, -0.25) is 4.90 Å². The maximum Gasteiger partial charge on any atom is 0.0589 e. The summed E-state index contributed by atoms with van der Waals surface area (Å²) in [5.74, 6) is 0.958. The molecule has 0 aromatic rings. The number of unbranched alkanes of at least 4 members (excludes halogenated alkanes) is 2. The minimum atomic E-state index is 0.619. The summed E-state index contributed by atoms with van der Waals surface area (Å²) in [5, 5.41) is 3.49. The van der Waals surface area contributed by atoms with E-state index in [4.69, 9.17) is 4.74 Å². The molecule has 0 aliphatic heterocycles. The molecule has 0 heterocycles. The van der Waals surface area contributed by atoms with Crippen LogP contribution in [0.25, 0.3) is 0 Å². The number of nitrogens with zero attached hydrogens (tertiary/aromatic N) is 1. The highest BCUT2D eigenvalue weighted by atomic mass is 16.5. The third-order valence-corrected chi connectivity index (χ3v) is 4.14. The molecule has 1 rings (SSSR count). The summed E-state index contributed by atoms with van der Waals surface area (Å²) in [5.41, 5.74) is 0. The standard InChI is InChI=1S/C16H34N2O/c1-14(2)17-10-6-5-7-11-18(12-13-19-4)15(3)16-8-9-16/h14-17H,5-13H2,1-4H3. The highest BCUT2D eigenvalue weighted by Gasteiger charge is 2.31. The molecule has 0 saturated heterocycles. The number of hydrogen-bond donors (Lipinski definition) is 1. The van der Waals surface area contributed by atoms with Crippen molar-refractivity contribution in [2.75, 3.05) is 33.4 Å². The Morgan fingerprint density at radius 3 is 2.42 bits per heavy atom. The molecule has 0 spiro atoms. The summed E-state index contributed by atoms with van der Waals surface area (Å²) in [6, 6.07) is 1.37. The number of ether oxygens (including phenoxy) is 1. The second-order valence-corrected chi connectivity index (χ2v) is 6.28. The zero-order valence-corrected chi connectivity index (χ0v) is 13.5. The van der Waals surface area contributed by atoms with Crippen LogP contribution in [0.1, 0.15) is 52.9 Å². The van der Waals surface area contributed by atoms with Crippen LogP contribution in [0.4, 0.5) is 0 Å². The molecule has 0 radical (unpaired) electrons. The van der Waals surface area contributed by atoms with E-state index in [-0.39, 0.29) is 0 Å². The molecule has 19 heavy (non-hydrogen) atoms. The van der Waals surface area contributed by atoms with Crippen molar-refractivity contribution in [1.29, 1.82) is 0 Å². The van der Waals surface area contributed by atoms with E-state index in [0.29, 0.717) is 6.04 Å². The van der Waals surface area contributed by atoms with E-state index in [0.717, 1.165) is 31.7 Å². The van der Waals surface area contributed by atoms with Crippen LogP contribution in [0.2, 0.25) is 0 Å². The summed E-state index contributed by atoms with van der Waals surface area (Å²) in [6.45, 7) is 11.2. The average molecular weight is 270 g/mol. The lowest BCUT2D eigenvalue weighted by molar-refractivity contribution is 0.115. The van der Waals surface area contributed by atoms with Gasteiger partial charge in [-0.25, -0.2) is 0 Å². The molecule has 1 atom stereocenters. The van der Waals surface area contributed by atoms with Crippen molar-refractivity contribution in [2.45, 2.75) is 65.0 Å². The van der Waals surface area contributed by atoms with Gasteiger partial charge < -0.3 is 10.1 Å². The molecule has 0 aromatic carbocycles. The van der Waals surface area contributed by atoms with E-state index in [1.807, 2.05) is 0 Å². The van der Waals surface area contributed by atoms with Crippen molar-refractivity contribution in [1.82, 2.24) is 10.2 Å². The monoisotopic (exact) mass is 270 g/mol. The first-order valence-electron chi connectivity index (χ1n) is 8.11. The summed E-state index contributed by atoms with van der Waals surface area (Å²) in [7, 11) is 1.80. The SMILES string of the molecule is COCCN(CCCCCNC(C)C)C(C)C1CC1. The van der Waals surface area contributed by atoms with E-state index in [1.54, 1.807) is 7.11 Å². The quantitative estimate of drug-likeness (QED) is 0.552. The van der Waals surface area contributed by atoms with Gasteiger partial charge in [0.2, 0.25) is 0 Å². The van der Waals surface area contributed by atoms with Crippen molar-refractivity contribution in [3.63, 3.8) is 0 Å². The molecule has 0 amide bonds. The summed E-state index contributed by atoms with van der Waals surface area (Å²) in [6.07, 6.45) is 6.82. The van der Waals surface area contributed by atoms with Crippen LogP contribution < -0.4 is 5.32 Å². The first-order valence-corrected chi connectivity index (χ1v) is 8.11. The Morgan fingerprint density at radius 2 is 1.84 bits per heavy atom. The van der Waals surface area contributed by atoms with Crippen molar-refractivity contribution in [3.05, 3.63) is 0 Å². The largest absolute Gasteiger partial charge is 0.383 e. The van der Waals surface area contributed by atoms with Gasteiger partial charge in [-0.2, -0.15) is 0 Å². The van der Waals surface area contributed by atoms with Gasteiger partial charge in [0.1, 0.15) is 0 Å². The predicted octanol–water partition coefficient (Wildman–Crippen LogP) is 2.90. The topological polar surface area (TPSA) is 24.5 Å². The van der Waals surface area contributed by atoms with E-state index in [2.05, 4.69) is 31.0 Å². The van der Waals surface area contributed by atoms with Crippen molar-refractivity contribution < 1.29 is 4.74 Å². The minimum Gasteiger partial charge on any atom is -0.383 e. The molecular weight excluding hydrogens is 236 g/mol. The van der Waals surface area contributed by atoms with Gasteiger partial charge in [-0.05, 0) is 51.6 Å². The van der Waals surface area contributed by atoms with Crippen LogP contribution in [-0.2, 0) is 4.74 Å². The number of rotatable bonds is 12. The van der Waals surface area contributed by atoms with Crippen molar-refractivity contribution >= 4 is 0 Å². The number of hydrogen-bond acceptors (Lipinski definition) is 3. The van der Waals surface area contributed by atoms with Crippen LogP contribution in [0, 0.1) is 5.92 Å². The molecule has 0 aromatic heterocycles. The highest BCUT2D eigenvalue weighted by Crippen LogP contribution is 2.35. The smallest absolute Gasteiger partial charge is 0.0589 e. The molecule has 3 heteroatoms. The number of methoxy groups -OCH3 is 1. The molecule has 1 unspecified atom stereocenters. The second-order valence-electron chi connectivity index (χ2n) is 6.28. The van der Waals surface area contributed by atoms with Gasteiger partial charge in [-0.1, -0.05) is 20.3 Å². The fourth-order valence-electron chi connectivity index (χ4n) is 2.61. The molecular formula is C16H34N2O. The van der Waals surface area contributed by atoms with Crippen LogP contribution in [0.15, 0.2) is 0 Å². The van der Waals surface area contributed by atoms with Crippen molar-refractivity contribution in [2.24, 2.45) is 5.92 Å². The fourth-order valence-corrected chi connectivity index (χ4v) is 2.61. The van der Waals surface area contributed by atoms with Gasteiger partial charge in [0, 0.05) is 25.7 Å². The molecule has 1 N–H and O–H groups in total. The van der Waals surface area contributed by atoms with Crippen molar-refractivity contribution in [3.8, 4) is 0 Å². The van der Waals surface area contributed by atoms with Gasteiger partial charge in [-0.15, -0.1) is 0 Å². The Hall–Kier alpha value is -0.120. The molecule has 1 fully saturated rings. The average Bonchev–Trinajstić information content (AvgIpc) is 3.20. The predicted molar refractivity (Wildman–Crippen MR) is 82.6 cm³/mol. The third kappa shape index (κ3) is 7.91. The van der Waals surface area contributed by atoms with Crippen LogP contribution >= 0.6 is 0 Å². The van der Waals surface area contributed by atoms with E-state index in [1.165, 1.54) is 38.6 Å². The summed E-state index contributed by atoms with van der Waals surface area (Å²) < 4.78 is 5.24. The lowest BCUT2D eigenvalue weighted by Crippen LogP contribution is -2.38. The van der Waals surface area contributed by atoms with E-state index < -0.39 is 0 Å². The molecule has 0 bridgehead atoms. The van der Waals surface area contributed by atoms with E-state index in [9.17, 15) is 0 Å². The lowest BCUT2D eigenvalue weighted by Gasteiger charge is -2.29. The van der Waals surface area contributed by atoms with Crippen LogP contribution in [0.3, 0.4) is 0 Å². The molecule has 3 nitrogen and oxygen atoms in total. The van der Waals surface area contributed by atoms with Gasteiger partial charge >= 0.3 is 0 Å². The van der Waals surface area contributed by atoms with Crippen LogP contribution in [0.5, 0.6) is 0 Å². The first kappa shape index (κ1) is 16.9. The van der Waals surface area contributed by atoms with Gasteiger partial charge in [0.05, 0.1) is 6.61 Å². The lowest BCUT2D eigenvalue weighted by atomic mass is 10.1. The second kappa shape index (κ2) is 9.73. The summed E-state index contributed by atoms with van der Waals surface area (Å²) >= 11 is 0. The zero-order valence-electron chi connectivity index (χ0n) is 13.5. The molecule has 114 valence electrons. The number of nitrogens with one attached hydrogen (secondary N) is 1. The third-order valence-electron chi connectivity index (χ3n) is 4.14. The molecule has 1 saturated carbocycles. The maximum atomic E-state index is 5.24. The normalized spacial score (nSPS) is 17.4. The summed E-state index contributed by atoms with van der Waals surface area (Å²) in [4.78, 5) is 2.64. The van der Waals surface area contributed by atoms with Gasteiger partial charge in [0.25, 0.3) is 0 Å². The molecule has 1 aliphatic rings. The Bertz CT molecular complexity index is 217. The Morgan fingerprint density at radius 1 is 1.11 bits per heavy atom. The Labute approximate surface area is 120 Å². The Balaban J connectivity index is 2.09. The fraction of sp³-hybridized carbons (Fsp3) is 1.00.